The van der Waals surface area contributed by atoms with Gasteiger partial charge in [0.05, 0.1) is 18.1 Å². The molecule has 0 aromatic heterocycles. The second-order valence-corrected chi connectivity index (χ2v) is 7.90. The van der Waals surface area contributed by atoms with E-state index >= 15 is 0 Å². The number of hydrogen-bond acceptors (Lipinski definition) is 5. The van der Waals surface area contributed by atoms with E-state index in [4.69, 9.17) is 9.05 Å². The van der Waals surface area contributed by atoms with Crippen molar-refractivity contribution >= 4 is 17.4 Å². The second-order valence-electron chi connectivity index (χ2n) is 3.53. The molecule has 8 heteroatoms. The summed E-state index contributed by atoms with van der Waals surface area (Å²) in [4.78, 5) is -0.262. The van der Waals surface area contributed by atoms with Gasteiger partial charge in [-0.1, -0.05) is 18.2 Å². The summed E-state index contributed by atoms with van der Waals surface area (Å²) < 4.78 is 59.8. The third kappa shape index (κ3) is 3.63. The van der Waals surface area contributed by atoms with Gasteiger partial charge < -0.3 is 9.05 Å². The number of rotatable bonds is 7. The van der Waals surface area contributed by atoms with Crippen molar-refractivity contribution in [2.45, 2.75) is 24.0 Å². The minimum atomic E-state index is -4.42. The van der Waals surface area contributed by atoms with Gasteiger partial charge in [-0.2, -0.15) is 0 Å². The first-order valence-corrected chi connectivity index (χ1v) is 8.86. The van der Waals surface area contributed by atoms with Crippen LogP contribution in [0, 0.1) is 0 Å². The Morgan fingerprint density at radius 3 is 2.05 bits per heavy atom. The predicted octanol–water partition coefficient (Wildman–Crippen LogP) is 2.98. The molecule has 0 aliphatic rings. The number of hydrogen-bond donors (Lipinski definition) is 0. The summed E-state index contributed by atoms with van der Waals surface area (Å²) >= 11 is 0. The second kappa shape index (κ2) is 6.61. The van der Waals surface area contributed by atoms with Gasteiger partial charge in [0.25, 0.3) is 0 Å². The van der Waals surface area contributed by atoms with Gasteiger partial charge in [0, 0.05) is 0 Å². The molecule has 0 unspecified atom stereocenters. The van der Waals surface area contributed by atoms with E-state index in [1.807, 2.05) is 0 Å². The minimum Gasteiger partial charge on any atom is -0.306 e. The highest BCUT2D eigenvalue weighted by molar-refractivity contribution is 7.98. The van der Waals surface area contributed by atoms with Crippen LogP contribution >= 0.6 is 7.60 Å². The Bertz CT molecular complexity index is 535. The topological polar surface area (TPSA) is 69.7 Å². The Kier molecular flexibility index (Phi) is 5.67. The summed E-state index contributed by atoms with van der Waals surface area (Å²) in [7, 11) is -8.77. The van der Waals surface area contributed by atoms with Gasteiger partial charge in [-0.05, 0) is 26.0 Å². The molecule has 0 bridgehead atoms. The third-order valence-corrected chi connectivity index (χ3v) is 6.98. The number of sulfone groups is 1. The van der Waals surface area contributed by atoms with Crippen LogP contribution in [0.2, 0.25) is 0 Å². The molecular weight excluding hydrogens is 294 g/mol. The number of alkyl halides is 1. The van der Waals surface area contributed by atoms with Crippen LogP contribution in [0.15, 0.2) is 35.2 Å². The van der Waals surface area contributed by atoms with Gasteiger partial charge in [0.1, 0.15) is 0 Å². The van der Waals surface area contributed by atoms with Gasteiger partial charge in [0.15, 0.2) is 0 Å². The smallest absolute Gasteiger partial charge is 0.306 e. The SMILES string of the molecule is CCOP(=O)(OCC)[C@H](F)S(=O)(=O)c1ccccc1. The number of halogens is 1. The third-order valence-electron chi connectivity index (χ3n) is 2.19. The lowest BCUT2D eigenvalue weighted by Gasteiger charge is -2.20. The Labute approximate surface area is 112 Å². The monoisotopic (exact) mass is 310 g/mol. The summed E-state index contributed by atoms with van der Waals surface area (Å²) in [5.74, 6) is 0. The van der Waals surface area contributed by atoms with E-state index in [9.17, 15) is 17.4 Å². The molecule has 1 aromatic carbocycles. The van der Waals surface area contributed by atoms with Crippen LogP contribution in [0.1, 0.15) is 13.8 Å². The molecule has 0 aliphatic carbocycles. The average molecular weight is 310 g/mol. The van der Waals surface area contributed by atoms with Crippen LogP contribution in [0.5, 0.6) is 0 Å². The summed E-state index contributed by atoms with van der Waals surface area (Å²) in [5.41, 5.74) is 0. The van der Waals surface area contributed by atoms with Gasteiger partial charge in [-0.15, -0.1) is 0 Å². The first-order valence-electron chi connectivity index (χ1n) is 5.70. The maximum atomic E-state index is 14.2. The first-order chi connectivity index (χ1) is 8.88. The quantitative estimate of drug-likeness (QED) is 0.724. The summed E-state index contributed by atoms with van der Waals surface area (Å²) in [5, 5.41) is -2.73. The maximum absolute atomic E-state index is 14.2. The highest BCUT2D eigenvalue weighted by Crippen LogP contribution is 2.56. The van der Waals surface area contributed by atoms with E-state index in [0.717, 1.165) is 0 Å². The van der Waals surface area contributed by atoms with E-state index in [2.05, 4.69) is 0 Å². The van der Waals surface area contributed by atoms with Crippen LogP contribution in [0.4, 0.5) is 4.39 Å². The van der Waals surface area contributed by atoms with Crippen LogP contribution in [0.3, 0.4) is 0 Å². The van der Waals surface area contributed by atoms with Crippen molar-refractivity contribution in [2.24, 2.45) is 0 Å². The lowest BCUT2D eigenvalue weighted by Crippen LogP contribution is -2.20. The molecule has 0 saturated heterocycles. The average Bonchev–Trinajstić information content (AvgIpc) is 2.39. The normalized spacial score (nSPS) is 14.3. The van der Waals surface area contributed by atoms with Crippen molar-refractivity contribution in [3.8, 4) is 0 Å². The summed E-state index contributed by atoms with van der Waals surface area (Å²) in [6.45, 7) is 2.74. The van der Waals surface area contributed by atoms with E-state index < -0.39 is 22.7 Å². The van der Waals surface area contributed by atoms with Crippen LogP contribution < -0.4 is 0 Å². The fourth-order valence-corrected chi connectivity index (χ4v) is 5.29. The molecule has 5 nitrogen and oxygen atoms in total. The van der Waals surface area contributed by atoms with E-state index in [1.165, 1.54) is 38.1 Å². The van der Waals surface area contributed by atoms with Crippen molar-refractivity contribution in [1.82, 2.24) is 0 Å². The minimum absolute atomic E-state index is 0.109. The van der Waals surface area contributed by atoms with Crippen molar-refractivity contribution in [3.63, 3.8) is 0 Å². The fourth-order valence-electron chi connectivity index (χ4n) is 1.41. The Morgan fingerprint density at radius 1 is 1.16 bits per heavy atom. The molecular formula is C11H16FO5PS. The molecule has 0 N–H and O–H groups in total. The van der Waals surface area contributed by atoms with Gasteiger partial charge in [-0.25, -0.2) is 12.8 Å². The lowest BCUT2D eigenvalue weighted by molar-refractivity contribution is 0.203. The fraction of sp³-hybridized carbons (Fsp3) is 0.455. The predicted molar refractivity (Wildman–Crippen MR) is 69.4 cm³/mol. The highest BCUT2D eigenvalue weighted by atomic mass is 32.2. The molecule has 1 rings (SSSR count). The van der Waals surface area contributed by atoms with Crippen molar-refractivity contribution in [2.75, 3.05) is 13.2 Å². The molecule has 0 aliphatic heterocycles. The molecule has 0 radical (unpaired) electrons. The van der Waals surface area contributed by atoms with Crippen LogP contribution in [-0.4, -0.2) is 26.9 Å². The first kappa shape index (κ1) is 16.3. The van der Waals surface area contributed by atoms with Crippen molar-refractivity contribution in [3.05, 3.63) is 30.3 Å². The molecule has 0 fully saturated rings. The lowest BCUT2D eigenvalue weighted by atomic mass is 10.4. The Hall–Kier alpha value is -0.750. The maximum Gasteiger partial charge on any atom is 0.380 e. The van der Waals surface area contributed by atoms with Gasteiger partial charge >= 0.3 is 12.8 Å². The highest BCUT2D eigenvalue weighted by Gasteiger charge is 2.46. The summed E-state index contributed by atoms with van der Waals surface area (Å²) in [6, 6.07) is 6.95. The van der Waals surface area contributed by atoms with E-state index in [1.54, 1.807) is 6.07 Å². The zero-order valence-electron chi connectivity index (χ0n) is 10.7. The number of benzene rings is 1. The molecule has 0 saturated carbocycles. The molecule has 0 heterocycles. The van der Waals surface area contributed by atoms with E-state index in [0.29, 0.717) is 0 Å². The van der Waals surface area contributed by atoms with Gasteiger partial charge in [-0.3, -0.25) is 4.57 Å². The van der Waals surface area contributed by atoms with Crippen LogP contribution in [-0.2, 0) is 23.4 Å². The molecule has 0 amide bonds. The molecule has 0 spiro atoms. The largest absolute Gasteiger partial charge is 0.380 e. The molecule has 108 valence electrons. The van der Waals surface area contributed by atoms with Crippen molar-refractivity contribution < 1.29 is 26.4 Å². The molecule has 1 aromatic rings. The summed E-state index contributed by atoms with van der Waals surface area (Å²) in [6.07, 6.45) is 0. The Balaban J connectivity index is 3.16. The van der Waals surface area contributed by atoms with Crippen molar-refractivity contribution in [1.29, 1.82) is 0 Å². The van der Waals surface area contributed by atoms with E-state index in [-0.39, 0.29) is 18.1 Å². The van der Waals surface area contributed by atoms with Gasteiger partial charge in [0.2, 0.25) is 9.84 Å². The zero-order valence-corrected chi connectivity index (χ0v) is 12.4. The Morgan fingerprint density at radius 2 is 1.63 bits per heavy atom. The van der Waals surface area contributed by atoms with Crippen LogP contribution in [0.25, 0.3) is 0 Å². The standard InChI is InChI=1S/C11H16FO5PS/c1-3-16-18(13,17-4-2)11(12)19(14,15)10-8-6-5-7-9-10/h5-9,11H,3-4H2,1-2H3/t11-/m0/s1. The molecule has 1 atom stereocenters. The zero-order chi connectivity index (χ0) is 14.5. The molecule has 19 heavy (non-hydrogen) atoms.